The lowest BCUT2D eigenvalue weighted by Crippen LogP contribution is -2.36. The van der Waals surface area contributed by atoms with Crippen LogP contribution in [0.4, 0.5) is 5.69 Å². The molecule has 2 bridgehead atoms. The summed E-state index contributed by atoms with van der Waals surface area (Å²) < 4.78 is 0. The summed E-state index contributed by atoms with van der Waals surface area (Å²) in [5, 5.41) is 12.1. The number of carbonyl (C=O) groups is 3. The van der Waals surface area contributed by atoms with Crippen molar-refractivity contribution in [1.29, 1.82) is 0 Å². The van der Waals surface area contributed by atoms with Crippen LogP contribution in [0.1, 0.15) is 23.7 Å². The van der Waals surface area contributed by atoms with Gasteiger partial charge < -0.3 is 10.4 Å². The van der Waals surface area contributed by atoms with E-state index in [-0.39, 0.29) is 23.5 Å². The Labute approximate surface area is 128 Å². The maximum Gasteiger partial charge on any atom is 0.307 e. The average molecular weight is 299 g/mol. The maximum absolute atomic E-state index is 12.6. The van der Waals surface area contributed by atoms with E-state index >= 15 is 0 Å². The minimum atomic E-state index is -0.933. The van der Waals surface area contributed by atoms with Crippen LogP contribution in [-0.4, -0.2) is 22.8 Å². The summed E-state index contributed by atoms with van der Waals surface area (Å²) in [6, 6.07) is 6.77. The molecule has 4 atom stereocenters. The monoisotopic (exact) mass is 299 g/mol. The van der Waals surface area contributed by atoms with E-state index in [1.165, 1.54) is 6.92 Å². The average Bonchev–Trinajstić information content (AvgIpc) is 3.08. The van der Waals surface area contributed by atoms with Crippen LogP contribution < -0.4 is 5.32 Å². The molecule has 0 saturated heterocycles. The first kappa shape index (κ1) is 14.5. The summed E-state index contributed by atoms with van der Waals surface area (Å²) >= 11 is 0. The van der Waals surface area contributed by atoms with Gasteiger partial charge in [-0.05, 0) is 37.3 Å². The highest BCUT2D eigenvalue weighted by Gasteiger charge is 2.51. The van der Waals surface area contributed by atoms with E-state index in [0.29, 0.717) is 17.7 Å². The molecule has 3 rings (SSSR count). The van der Waals surface area contributed by atoms with Gasteiger partial charge in [-0.2, -0.15) is 0 Å². The molecule has 1 aromatic carbocycles. The summed E-state index contributed by atoms with van der Waals surface area (Å²) in [4.78, 5) is 35.7. The molecule has 2 aliphatic rings. The van der Waals surface area contributed by atoms with Crippen LogP contribution >= 0.6 is 0 Å². The van der Waals surface area contributed by atoms with Crippen LogP contribution in [-0.2, 0) is 9.59 Å². The first-order chi connectivity index (χ1) is 10.5. The van der Waals surface area contributed by atoms with E-state index in [1.54, 1.807) is 24.3 Å². The molecule has 1 aromatic rings. The van der Waals surface area contributed by atoms with Gasteiger partial charge in [-0.25, -0.2) is 0 Å². The van der Waals surface area contributed by atoms with Gasteiger partial charge >= 0.3 is 5.97 Å². The van der Waals surface area contributed by atoms with Crippen molar-refractivity contribution >= 4 is 23.3 Å². The first-order valence-corrected chi connectivity index (χ1v) is 7.31. The topological polar surface area (TPSA) is 83.5 Å². The Morgan fingerprint density at radius 1 is 1.09 bits per heavy atom. The van der Waals surface area contributed by atoms with Gasteiger partial charge in [0.1, 0.15) is 0 Å². The Morgan fingerprint density at radius 2 is 1.73 bits per heavy atom. The Morgan fingerprint density at radius 3 is 2.36 bits per heavy atom. The Balaban J connectivity index is 1.85. The number of anilines is 1. The van der Waals surface area contributed by atoms with Crippen LogP contribution in [0, 0.1) is 23.7 Å². The van der Waals surface area contributed by atoms with E-state index < -0.39 is 17.8 Å². The number of fused-ring (bicyclic) bond motifs is 2. The van der Waals surface area contributed by atoms with Gasteiger partial charge in [-0.15, -0.1) is 0 Å². The molecule has 0 radical (unpaired) electrons. The minimum absolute atomic E-state index is 0.0319. The number of carboxylic acids is 1. The molecule has 22 heavy (non-hydrogen) atoms. The number of carbonyl (C=O) groups excluding carboxylic acids is 2. The molecule has 0 heterocycles. The number of rotatable bonds is 4. The summed E-state index contributed by atoms with van der Waals surface area (Å²) in [6.45, 7) is 1.44. The molecule has 2 aliphatic carbocycles. The predicted molar refractivity (Wildman–Crippen MR) is 80.4 cm³/mol. The van der Waals surface area contributed by atoms with E-state index in [4.69, 9.17) is 0 Å². The number of para-hydroxylation sites is 1. The summed E-state index contributed by atoms with van der Waals surface area (Å²) in [6.07, 6.45) is 4.55. The summed E-state index contributed by atoms with van der Waals surface area (Å²) in [5.74, 6) is -2.75. The van der Waals surface area contributed by atoms with Crippen molar-refractivity contribution in [3.63, 3.8) is 0 Å². The zero-order chi connectivity index (χ0) is 15.9. The second kappa shape index (κ2) is 5.40. The normalized spacial score (nSPS) is 28.6. The number of hydrogen-bond donors (Lipinski definition) is 2. The van der Waals surface area contributed by atoms with Crippen LogP contribution in [0.15, 0.2) is 36.4 Å². The van der Waals surface area contributed by atoms with E-state index in [9.17, 15) is 19.5 Å². The molecule has 4 unspecified atom stereocenters. The van der Waals surface area contributed by atoms with Crippen molar-refractivity contribution in [2.75, 3.05) is 5.32 Å². The highest BCUT2D eigenvalue weighted by Crippen LogP contribution is 2.48. The molecule has 114 valence electrons. The third-order valence-electron chi connectivity index (χ3n) is 4.61. The molecule has 1 saturated carbocycles. The molecule has 1 fully saturated rings. The molecule has 0 spiro atoms. The highest BCUT2D eigenvalue weighted by molar-refractivity contribution is 6.05. The second-order valence-electron chi connectivity index (χ2n) is 5.93. The van der Waals surface area contributed by atoms with Crippen molar-refractivity contribution in [1.82, 2.24) is 0 Å². The van der Waals surface area contributed by atoms with Crippen molar-refractivity contribution in [3.05, 3.63) is 42.0 Å². The summed E-state index contributed by atoms with van der Waals surface area (Å²) in [7, 11) is 0. The smallest absolute Gasteiger partial charge is 0.307 e. The number of carboxylic acid groups (broad SMARTS) is 1. The molecular weight excluding hydrogens is 282 g/mol. The van der Waals surface area contributed by atoms with Crippen molar-refractivity contribution < 1.29 is 19.5 Å². The molecule has 0 aromatic heterocycles. The number of amides is 1. The fourth-order valence-electron chi connectivity index (χ4n) is 3.63. The quantitative estimate of drug-likeness (QED) is 0.660. The van der Waals surface area contributed by atoms with Gasteiger partial charge in [0.25, 0.3) is 0 Å². The van der Waals surface area contributed by atoms with E-state index in [2.05, 4.69) is 5.32 Å². The number of allylic oxidation sites excluding steroid dienone is 2. The molecule has 0 aliphatic heterocycles. The van der Waals surface area contributed by atoms with Gasteiger partial charge in [-0.1, -0.05) is 24.3 Å². The fraction of sp³-hybridized carbons (Fsp3) is 0.353. The highest BCUT2D eigenvalue weighted by atomic mass is 16.4. The number of Topliss-reactive ketones (excluding diaryl/α,β-unsaturated/α-hetero) is 1. The van der Waals surface area contributed by atoms with Crippen molar-refractivity contribution in [2.24, 2.45) is 23.7 Å². The zero-order valence-corrected chi connectivity index (χ0v) is 12.2. The van der Waals surface area contributed by atoms with Gasteiger partial charge in [-0.3, -0.25) is 14.4 Å². The number of nitrogens with one attached hydrogen (secondary N) is 1. The lowest BCUT2D eigenvalue weighted by molar-refractivity contribution is -0.146. The maximum atomic E-state index is 12.6. The molecular formula is C17H17NO4. The Hall–Kier alpha value is -2.43. The Bertz CT molecular complexity index is 679. The van der Waals surface area contributed by atoms with Crippen molar-refractivity contribution in [3.8, 4) is 0 Å². The minimum Gasteiger partial charge on any atom is -0.481 e. The third-order valence-corrected chi connectivity index (χ3v) is 4.61. The zero-order valence-electron chi connectivity index (χ0n) is 12.2. The number of benzene rings is 1. The first-order valence-electron chi connectivity index (χ1n) is 7.31. The summed E-state index contributed by atoms with van der Waals surface area (Å²) in [5.41, 5.74) is 0.873. The lowest BCUT2D eigenvalue weighted by Gasteiger charge is -2.24. The van der Waals surface area contributed by atoms with Gasteiger partial charge in [0.2, 0.25) is 5.91 Å². The molecule has 2 N–H and O–H groups in total. The van der Waals surface area contributed by atoms with Crippen LogP contribution in [0.25, 0.3) is 0 Å². The largest absolute Gasteiger partial charge is 0.481 e. The molecule has 5 nitrogen and oxygen atoms in total. The standard InChI is InChI=1S/C17H17NO4/c1-9(19)12-4-2-3-5-13(12)18-16(20)14-10-6-7-11(8-10)15(14)17(21)22/h2-7,10-11,14-15H,8H2,1H3,(H,18,20)(H,21,22). The fourth-order valence-corrected chi connectivity index (χ4v) is 3.63. The van der Waals surface area contributed by atoms with Crippen LogP contribution in [0.5, 0.6) is 0 Å². The molecule has 5 heteroatoms. The number of ketones is 1. The number of hydrogen-bond acceptors (Lipinski definition) is 3. The predicted octanol–water partition coefficient (Wildman–Crippen LogP) is 2.35. The second-order valence-corrected chi connectivity index (χ2v) is 5.93. The number of aliphatic carboxylic acids is 1. The van der Waals surface area contributed by atoms with E-state index in [0.717, 1.165) is 0 Å². The van der Waals surface area contributed by atoms with E-state index in [1.807, 2.05) is 12.2 Å². The van der Waals surface area contributed by atoms with Gasteiger partial charge in [0.15, 0.2) is 5.78 Å². The van der Waals surface area contributed by atoms with Gasteiger partial charge in [0.05, 0.1) is 17.5 Å². The van der Waals surface area contributed by atoms with Crippen LogP contribution in [0.2, 0.25) is 0 Å². The van der Waals surface area contributed by atoms with Crippen LogP contribution in [0.3, 0.4) is 0 Å². The SMILES string of the molecule is CC(=O)c1ccccc1NC(=O)C1C2C=CC(C2)C1C(=O)O. The van der Waals surface area contributed by atoms with Crippen molar-refractivity contribution in [2.45, 2.75) is 13.3 Å². The lowest BCUT2D eigenvalue weighted by atomic mass is 9.82. The molecule has 1 amide bonds. The van der Waals surface area contributed by atoms with Gasteiger partial charge in [0, 0.05) is 5.56 Å². The Kier molecular flexibility index (Phi) is 3.56. The third kappa shape index (κ3) is 2.32.